The zero-order chi connectivity index (χ0) is 16.1. The average Bonchev–Trinajstić information content (AvgIpc) is 2.37. The van der Waals surface area contributed by atoms with Gasteiger partial charge < -0.3 is 4.74 Å². The van der Waals surface area contributed by atoms with Gasteiger partial charge in [0.1, 0.15) is 11.9 Å². The molecule has 0 bridgehead atoms. The van der Waals surface area contributed by atoms with Crippen LogP contribution in [0.1, 0.15) is 19.8 Å². The average molecular weight is 321 g/mol. The zero-order valence-electron chi connectivity index (χ0n) is 11.5. The SMILES string of the molecule is CCC(CC(F)(F)C(=O)NP(N)(N)=O)Oc1ccccc1. The van der Waals surface area contributed by atoms with E-state index in [0.29, 0.717) is 5.75 Å². The standard InChI is InChI=1S/C12H18F2N3O3P/c1-2-9(20-10-6-4-3-5-7-10)8-12(13,14)11(18)17-21(15,16)19/h3-7,9H,2,8H2,1H3,(H5,15,16,17,18,19). The predicted octanol–water partition coefficient (Wildman–Crippen LogP) is 2.01. The number of rotatable bonds is 7. The lowest BCUT2D eigenvalue weighted by Gasteiger charge is -2.23. The fourth-order valence-corrected chi connectivity index (χ4v) is 2.06. The fourth-order valence-electron chi connectivity index (χ4n) is 1.58. The van der Waals surface area contributed by atoms with E-state index in [2.05, 4.69) is 0 Å². The van der Waals surface area contributed by atoms with E-state index in [1.807, 2.05) is 0 Å². The normalized spacial score (nSPS) is 13.6. The summed E-state index contributed by atoms with van der Waals surface area (Å²) in [7, 11) is -4.06. The lowest BCUT2D eigenvalue weighted by atomic mass is 10.1. The summed E-state index contributed by atoms with van der Waals surface area (Å²) in [5.41, 5.74) is 9.71. The third kappa shape index (κ3) is 6.20. The Kier molecular flexibility index (Phi) is 5.83. The third-order valence-electron chi connectivity index (χ3n) is 2.59. The number of hydrogen-bond acceptors (Lipinski definition) is 3. The van der Waals surface area contributed by atoms with Gasteiger partial charge in [0.2, 0.25) is 0 Å². The quantitative estimate of drug-likeness (QED) is 0.666. The maximum Gasteiger partial charge on any atom is 0.328 e. The van der Waals surface area contributed by atoms with Crippen molar-refractivity contribution in [3.8, 4) is 5.75 Å². The number of nitrogens with one attached hydrogen (secondary N) is 1. The molecule has 0 fully saturated rings. The monoisotopic (exact) mass is 321 g/mol. The lowest BCUT2D eigenvalue weighted by Crippen LogP contribution is -2.44. The molecular weight excluding hydrogens is 303 g/mol. The maximum absolute atomic E-state index is 13.8. The van der Waals surface area contributed by atoms with Gasteiger partial charge in [0, 0.05) is 0 Å². The molecule has 1 aromatic carbocycles. The molecule has 6 nitrogen and oxygen atoms in total. The Bertz CT molecular complexity index is 522. The first-order valence-electron chi connectivity index (χ1n) is 6.23. The van der Waals surface area contributed by atoms with Gasteiger partial charge in [-0.25, -0.2) is 0 Å². The lowest BCUT2D eigenvalue weighted by molar-refractivity contribution is -0.147. The molecule has 0 heterocycles. The molecule has 0 saturated heterocycles. The minimum atomic E-state index is -4.06. The summed E-state index contributed by atoms with van der Waals surface area (Å²) in [6.45, 7) is 1.65. The van der Waals surface area contributed by atoms with Crippen molar-refractivity contribution in [3.63, 3.8) is 0 Å². The first kappa shape index (κ1) is 17.6. The van der Waals surface area contributed by atoms with E-state index in [4.69, 9.17) is 15.7 Å². The van der Waals surface area contributed by atoms with Crippen molar-refractivity contribution in [1.29, 1.82) is 0 Å². The van der Waals surface area contributed by atoms with Gasteiger partial charge >= 0.3 is 5.92 Å². The second-order valence-corrected chi connectivity index (χ2v) is 6.16. The number of nitrogens with two attached hydrogens (primary N) is 2. The summed E-state index contributed by atoms with van der Waals surface area (Å²) in [4.78, 5) is 11.3. The van der Waals surface area contributed by atoms with Crippen molar-refractivity contribution in [2.45, 2.75) is 31.8 Å². The molecule has 1 amide bonds. The van der Waals surface area contributed by atoms with Gasteiger partial charge in [-0.3, -0.25) is 25.5 Å². The van der Waals surface area contributed by atoms with Gasteiger partial charge in [-0.1, -0.05) is 25.1 Å². The van der Waals surface area contributed by atoms with Gasteiger partial charge in [-0.05, 0) is 18.6 Å². The molecule has 1 unspecified atom stereocenters. The summed E-state index contributed by atoms with van der Waals surface area (Å²) < 4.78 is 43.9. The molecule has 0 spiro atoms. The van der Waals surface area contributed by atoms with Crippen LogP contribution in [0.2, 0.25) is 0 Å². The molecule has 5 N–H and O–H groups in total. The highest BCUT2D eigenvalue weighted by molar-refractivity contribution is 7.57. The molecular formula is C12H18F2N3O3P. The first-order chi connectivity index (χ1) is 9.64. The molecule has 0 aliphatic heterocycles. The van der Waals surface area contributed by atoms with Gasteiger partial charge in [0.05, 0.1) is 6.42 Å². The Morgan fingerprint density at radius 2 is 1.95 bits per heavy atom. The van der Waals surface area contributed by atoms with Crippen LogP contribution in [-0.2, 0) is 9.36 Å². The number of halogens is 2. The highest BCUT2D eigenvalue weighted by Crippen LogP contribution is 2.28. The maximum atomic E-state index is 13.8. The van der Waals surface area contributed by atoms with Crippen LogP contribution in [0.25, 0.3) is 0 Å². The van der Waals surface area contributed by atoms with Gasteiger partial charge in [0.15, 0.2) is 0 Å². The first-order valence-corrected chi connectivity index (χ1v) is 8.08. The molecule has 0 radical (unpaired) electrons. The van der Waals surface area contributed by atoms with Crippen LogP contribution < -0.4 is 20.8 Å². The fraction of sp³-hybridized carbons (Fsp3) is 0.417. The number of para-hydroxylation sites is 1. The largest absolute Gasteiger partial charge is 0.490 e. The molecule has 118 valence electrons. The second kappa shape index (κ2) is 6.98. The van der Waals surface area contributed by atoms with Crippen LogP contribution in [0.15, 0.2) is 30.3 Å². The van der Waals surface area contributed by atoms with Crippen molar-refractivity contribution >= 4 is 13.5 Å². The van der Waals surface area contributed by atoms with Crippen LogP contribution in [0.4, 0.5) is 8.78 Å². The number of alkyl halides is 2. The number of carbonyl (C=O) groups is 1. The molecule has 0 saturated carbocycles. The number of ether oxygens (including phenoxy) is 1. The highest BCUT2D eigenvalue weighted by Gasteiger charge is 2.43. The Labute approximate surface area is 121 Å². The summed E-state index contributed by atoms with van der Waals surface area (Å²) >= 11 is 0. The van der Waals surface area contributed by atoms with E-state index in [0.717, 1.165) is 0 Å². The van der Waals surface area contributed by atoms with E-state index >= 15 is 0 Å². The Morgan fingerprint density at radius 3 is 2.43 bits per heavy atom. The minimum absolute atomic E-state index is 0.265. The molecule has 9 heteroatoms. The van der Waals surface area contributed by atoms with Gasteiger partial charge in [-0.2, -0.15) is 8.78 Å². The van der Waals surface area contributed by atoms with E-state index in [-0.39, 0.29) is 6.42 Å². The number of benzene rings is 1. The number of amides is 1. The molecule has 0 aliphatic rings. The van der Waals surface area contributed by atoms with Gasteiger partial charge in [-0.15, -0.1) is 0 Å². The van der Waals surface area contributed by atoms with Crippen molar-refractivity contribution in [2.75, 3.05) is 0 Å². The topological polar surface area (TPSA) is 107 Å². The van der Waals surface area contributed by atoms with E-state index in [1.54, 1.807) is 37.3 Å². The van der Waals surface area contributed by atoms with Crippen LogP contribution in [0.5, 0.6) is 5.75 Å². The Hall–Kier alpha value is -1.50. The van der Waals surface area contributed by atoms with E-state index < -0.39 is 31.9 Å². The van der Waals surface area contributed by atoms with Crippen molar-refractivity contribution in [3.05, 3.63) is 30.3 Å². The summed E-state index contributed by atoms with van der Waals surface area (Å²) in [5, 5.41) is 1.42. The molecule has 0 aliphatic carbocycles. The van der Waals surface area contributed by atoms with Crippen molar-refractivity contribution in [1.82, 2.24) is 5.09 Å². The molecule has 0 aromatic heterocycles. The molecule has 1 atom stereocenters. The Balaban J connectivity index is 2.70. The van der Waals surface area contributed by atoms with E-state index in [1.165, 1.54) is 5.09 Å². The van der Waals surface area contributed by atoms with Crippen LogP contribution >= 0.6 is 7.59 Å². The van der Waals surface area contributed by atoms with Gasteiger partial charge in [0.25, 0.3) is 13.5 Å². The smallest absolute Gasteiger partial charge is 0.328 e. The predicted molar refractivity (Wildman–Crippen MR) is 74.8 cm³/mol. The summed E-state index contributed by atoms with van der Waals surface area (Å²) in [6, 6.07) is 8.40. The van der Waals surface area contributed by atoms with Crippen LogP contribution in [0.3, 0.4) is 0 Å². The summed E-state index contributed by atoms with van der Waals surface area (Å²) in [5.74, 6) is -5.14. The third-order valence-corrected chi connectivity index (χ3v) is 3.15. The zero-order valence-corrected chi connectivity index (χ0v) is 12.4. The van der Waals surface area contributed by atoms with E-state index in [9.17, 15) is 18.1 Å². The van der Waals surface area contributed by atoms with Crippen molar-refractivity contribution in [2.24, 2.45) is 11.0 Å². The highest BCUT2D eigenvalue weighted by atomic mass is 31.2. The second-order valence-electron chi connectivity index (χ2n) is 4.52. The van der Waals surface area contributed by atoms with Crippen LogP contribution in [0, 0.1) is 0 Å². The number of hydrogen-bond donors (Lipinski definition) is 3. The Morgan fingerprint density at radius 1 is 1.38 bits per heavy atom. The minimum Gasteiger partial charge on any atom is -0.490 e. The number of carbonyl (C=O) groups excluding carboxylic acids is 1. The molecule has 21 heavy (non-hydrogen) atoms. The molecule has 1 aromatic rings. The van der Waals surface area contributed by atoms with Crippen LogP contribution in [-0.4, -0.2) is 17.9 Å². The van der Waals surface area contributed by atoms with Crippen molar-refractivity contribution < 1.29 is 22.9 Å². The molecule has 1 rings (SSSR count). The summed E-state index contributed by atoms with van der Waals surface area (Å²) in [6.07, 6.45) is -1.49.